The van der Waals surface area contributed by atoms with Crippen molar-refractivity contribution >= 4 is 12.1 Å². The van der Waals surface area contributed by atoms with Gasteiger partial charge in [0, 0.05) is 13.1 Å². The Morgan fingerprint density at radius 1 is 1.29 bits per heavy atom. The van der Waals surface area contributed by atoms with Crippen molar-refractivity contribution < 1.29 is 32.6 Å². The molecule has 0 aliphatic carbocycles. The lowest BCUT2D eigenvalue weighted by Gasteiger charge is -2.29. The molecule has 8 heteroatoms. The lowest BCUT2D eigenvalue weighted by atomic mass is 9.97. The van der Waals surface area contributed by atoms with Gasteiger partial charge in [0.2, 0.25) is 0 Å². The molecule has 17 heavy (non-hydrogen) atoms. The van der Waals surface area contributed by atoms with Gasteiger partial charge in [-0.05, 0) is 12.8 Å². The SMILES string of the molecule is O=C(O)C1CCN(C(=O)OCC(F)(F)F)CC1. The first-order valence-electron chi connectivity index (χ1n) is 5.01. The molecule has 1 saturated heterocycles. The summed E-state index contributed by atoms with van der Waals surface area (Å²) in [5.74, 6) is -1.49. The van der Waals surface area contributed by atoms with Gasteiger partial charge in [-0.15, -0.1) is 0 Å². The maximum absolute atomic E-state index is 11.8. The van der Waals surface area contributed by atoms with Crippen molar-refractivity contribution in [1.82, 2.24) is 4.90 Å². The van der Waals surface area contributed by atoms with Gasteiger partial charge in [-0.1, -0.05) is 0 Å². The van der Waals surface area contributed by atoms with Gasteiger partial charge in [-0.25, -0.2) is 4.79 Å². The predicted octanol–water partition coefficient (Wildman–Crippen LogP) is 1.48. The van der Waals surface area contributed by atoms with Gasteiger partial charge in [0.05, 0.1) is 5.92 Å². The molecule has 1 fully saturated rings. The minimum Gasteiger partial charge on any atom is -0.481 e. The first kappa shape index (κ1) is 13.6. The van der Waals surface area contributed by atoms with Crippen LogP contribution in [-0.4, -0.2) is 47.9 Å². The lowest BCUT2D eigenvalue weighted by Crippen LogP contribution is -2.41. The minimum atomic E-state index is -4.55. The number of nitrogens with zero attached hydrogens (tertiary/aromatic N) is 1. The molecule has 0 aromatic heterocycles. The van der Waals surface area contributed by atoms with Crippen LogP contribution in [0.2, 0.25) is 0 Å². The Bertz CT molecular complexity index is 297. The number of carbonyl (C=O) groups is 2. The number of carboxylic acids is 1. The largest absolute Gasteiger partial charge is 0.481 e. The van der Waals surface area contributed by atoms with E-state index in [2.05, 4.69) is 4.74 Å². The number of carbonyl (C=O) groups excluding carboxylic acids is 1. The van der Waals surface area contributed by atoms with Crippen molar-refractivity contribution in [2.24, 2.45) is 5.92 Å². The monoisotopic (exact) mass is 255 g/mol. The average Bonchev–Trinajstić information content (AvgIpc) is 2.25. The Labute approximate surface area is 95.1 Å². The summed E-state index contributed by atoms with van der Waals surface area (Å²) in [6.07, 6.45) is -5.13. The number of carboxylic acid groups (broad SMARTS) is 1. The molecule has 5 nitrogen and oxygen atoms in total. The average molecular weight is 255 g/mol. The van der Waals surface area contributed by atoms with Crippen molar-refractivity contribution in [2.75, 3.05) is 19.7 Å². The van der Waals surface area contributed by atoms with Crippen LogP contribution in [0.1, 0.15) is 12.8 Å². The second-order valence-electron chi connectivity index (χ2n) is 3.77. The van der Waals surface area contributed by atoms with E-state index in [9.17, 15) is 22.8 Å². The highest BCUT2D eigenvalue weighted by molar-refractivity contribution is 5.71. The molecule has 1 amide bonds. The third-order valence-electron chi connectivity index (χ3n) is 2.46. The molecule has 0 aromatic rings. The van der Waals surface area contributed by atoms with E-state index in [-0.39, 0.29) is 25.9 Å². The number of amides is 1. The fourth-order valence-corrected chi connectivity index (χ4v) is 1.54. The van der Waals surface area contributed by atoms with Crippen LogP contribution < -0.4 is 0 Å². The predicted molar refractivity (Wildman–Crippen MR) is 49.3 cm³/mol. The van der Waals surface area contributed by atoms with Crippen molar-refractivity contribution in [2.45, 2.75) is 19.0 Å². The van der Waals surface area contributed by atoms with E-state index in [4.69, 9.17) is 5.11 Å². The summed E-state index contributed by atoms with van der Waals surface area (Å²) in [7, 11) is 0. The Morgan fingerprint density at radius 3 is 2.24 bits per heavy atom. The van der Waals surface area contributed by atoms with E-state index in [1.165, 1.54) is 0 Å². The normalized spacial score (nSPS) is 17.9. The third-order valence-corrected chi connectivity index (χ3v) is 2.46. The summed E-state index contributed by atoms with van der Waals surface area (Å²) in [6, 6.07) is 0. The zero-order chi connectivity index (χ0) is 13.1. The topological polar surface area (TPSA) is 66.8 Å². The number of hydrogen-bond donors (Lipinski definition) is 1. The summed E-state index contributed by atoms with van der Waals surface area (Å²) in [5.41, 5.74) is 0. The number of likely N-dealkylation sites (tertiary alicyclic amines) is 1. The summed E-state index contributed by atoms with van der Waals surface area (Å²) < 4.78 is 39.4. The van der Waals surface area contributed by atoms with E-state index in [0.29, 0.717) is 0 Å². The molecule has 0 radical (unpaired) electrons. The van der Waals surface area contributed by atoms with E-state index >= 15 is 0 Å². The Morgan fingerprint density at radius 2 is 1.82 bits per heavy atom. The smallest absolute Gasteiger partial charge is 0.422 e. The molecular formula is C9H12F3NO4. The van der Waals surface area contributed by atoms with Crippen LogP contribution in [-0.2, 0) is 9.53 Å². The Kier molecular flexibility index (Phi) is 4.19. The lowest BCUT2D eigenvalue weighted by molar-refractivity contribution is -0.162. The fraction of sp³-hybridized carbons (Fsp3) is 0.778. The highest BCUT2D eigenvalue weighted by atomic mass is 19.4. The summed E-state index contributed by atoms with van der Waals surface area (Å²) in [4.78, 5) is 22.9. The number of ether oxygens (including phenoxy) is 1. The second kappa shape index (κ2) is 5.24. The van der Waals surface area contributed by atoms with Crippen molar-refractivity contribution in [3.05, 3.63) is 0 Å². The van der Waals surface area contributed by atoms with Crippen LogP contribution in [0, 0.1) is 5.92 Å². The molecule has 1 aliphatic heterocycles. The number of alkyl halides is 3. The van der Waals surface area contributed by atoms with Crippen LogP contribution >= 0.6 is 0 Å². The quantitative estimate of drug-likeness (QED) is 0.811. The van der Waals surface area contributed by atoms with Crippen molar-refractivity contribution in [3.63, 3.8) is 0 Å². The number of hydrogen-bond acceptors (Lipinski definition) is 3. The van der Waals surface area contributed by atoms with Crippen LogP contribution in [0.15, 0.2) is 0 Å². The van der Waals surface area contributed by atoms with Crippen LogP contribution in [0.25, 0.3) is 0 Å². The first-order valence-corrected chi connectivity index (χ1v) is 5.01. The third kappa shape index (κ3) is 4.49. The summed E-state index contributed by atoms with van der Waals surface area (Å²) in [5, 5.41) is 8.69. The van der Waals surface area contributed by atoms with E-state index in [1.807, 2.05) is 0 Å². The van der Waals surface area contributed by atoms with E-state index < -0.39 is 30.8 Å². The number of halogens is 3. The zero-order valence-electron chi connectivity index (χ0n) is 8.87. The van der Waals surface area contributed by atoms with Crippen LogP contribution in [0.3, 0.4) is 0 Å². The molecule has 1 heterocycles. The second-order valence-corrected chi connectivity index (χ2v) is 3.77. The highest BCUT2D eigenvalue weighted by Gasteiger charge is 2.32. The molecule has 1 rings (SSSR count). The molecule has 0 saturated carbocycles. The molecule has 0 unspecified atom stereocenters. The Balaban J connectivity index is 2.33. The minimum absolute atomic E-state index is 0.105. The molecule has 98 valence electrons. The maximum atomic E-state index is 11.8. The molecular weight excluding hydrogens is 243 g/mol. The fourth-order valence-electron chi connectivity index (χ4n) is 1.54. The van der Waals surface area contributed by atoms with Crippen LogP contribution in [0.5, 0.6) is 0 Å². The zero-order valence-corrected chi connectivity index (χ0v) is 8.87. The van der Waals surface area contributed by atoms with Gasteiger partial charge in [-0.3, -0.25) is 4.79 Å². The highest BCUT2D eigenvalue weighted by Crippen LogP contribution is 2.19. The standard InChI is InChI=1S/C9H12F3NO4/c10-9(11,12)5-17-8(16)13-3-1-6(2-4-13)7(14)15/h6H,1-5H2,(H,14,15). The van der Waals surface area contributed by atoms with E-state index in [1.54, 1.807) is 0 Å². The van der Waals surface area contributed by atoms with Crippen molar-refractivity contribution in [1.29, 1.82) is 0 Å². The van der Waals surface area contributed by atoms with Gasteiger partial charge in [-0.2, -0.15) is 13.2 Å². The van der Waals surface area contributed by atoms with Crippen molar-refractivity contribution in [3.8, 4) is 0 Å². The summed E-state index contributed by atoms with van der Waals surface area (Å²) >= 11 is 0. The number of rotatable bonds is 2. The van der Waals surface area contributed by atoms with Gasteiger partial charge < -0.3 is 14.7 Å². The number of piperidine rings is 1. The summed E-state index contributed by atoms with van der Waals surface area (Å²) in [6.45, 7) is -1.41. The van der Waals surface area contributed by atoms with Gasteiger partial charge in [0.1, 0.15) is 0 Å². The van der Waals surface area contributed by atoms with Gasteiger partial charge >= 0.3 is 18.2 Å². The molecule has 0 spiro atoms. The molecule has 1 N–H and O–H groups in total. The molecule has 1 aliphatic rings. The van der Waals surface area contributed by atoms with Gasteiger partial charge in [0.15, 0.2) is 6.61 Å². The Hall–Kier alpha value is -1.47. The first-order chi connectivity index (χ1) is 7.79. The van der Waals surface area contributed by atoms with Gasteiger partial charge in [0.25, 0.3) is 0 Å². The van der Waals surface area contributed by atoms with Crippen LogP contribution in [0.4, 0.5) is 18.0 Å². The molecule has 0 aromatic carbocycles. The molecule has 0 bridgehead atoms. The number of aliphatic carboxylic acids is 1. The van der Waals surface area contributed by atoms with E-state index in [0.717, 1.165) is 4.90 Å². The molecule has 0 atom stereocenters. The maximum Gasteiger partial charge on any atom is 0.422 e.